The Kier molecular flexibility index (Phi) is 4.54. The first-order valence-corrected chi connectivity index (χ1v) is 5.85. The van der Waals surface area contributed by atoms with Crippen molar-refractivity contribution in [1.82, 2.24) is 0 Å². The van der Waals surface area contributed by atoms with Crippen molar-refractivity contribution in [3.8, 4) is 5.75 Å². The van der Waals surface area contributed by atoms with E-state index in [0.717, 1.165) is 0 Å². The molecule has 1 rings (SSSR count). The number of hydrogen-bond donors (Lipinski definition) is 1. The molecule has 17 heavy (non-hydrogen) atoms. The molecular weight excluding hydrogens is 288 g/mol. The predicted molar refractivity (Wildman–Crippen MR) is 67.3 cm³/mol. The second-order valence-electron chi connectivity index (χ2n) is 3.75. The molecule has 94 valence electrons. The number of methoxy groups -OCH3 is 1. The van der Waals surface area contributed by atoms with Crippen molar-refractivity contribution in [2.24, 2.45) is 0 Å². The van der Waals surface area contributed by atoms with Gasteiger partial charge in [-0.15, -0.1) is 0 Å². The molecule has 1 aromatic rings. The number of phenols is 1. The first-order chi connectivity index (χ1) is 7.91. The van der Waals surface area contributed by atoms with E-state index in [1.54, 1.807) is 20.8 Å². The summed E-state index contributed by atoms with van der Waals surface area (Å²) < 4.78 is 10.1. The molecule has 0 radical (unpaired) electrons. The Bertz CT molecular complexity index is 425. The Hall–Kier alpha value is -1.07. The summed E-state index contributed by atoms with van der Waals surface area (Å²) in [5.74, 6) is -0.297. The third-order valence-corrected chi connectivity index (χ3v) is 3.69. The van der Waals surface area contributed by atoms with Crippen molar-refractivity contribution >= 4 is 21.9 Å². The van der Waals surface area contributed by atoms with Crippen LogP contribution in [0.4, 0.5) is 0 Å². The molecule has 1 aromatic carbocycles. The SMILES string of the molecule is COCOC(=O)c1c(C)c(C)c(O)c(Br)c1C. The van der Waals surface area contributed by atoms with Gasteiger partial charge in [-0.05, 0) is 53.4 Å². The van der Waals surface area contributed by atoms with E-state index in [1.165, 1.54) is 7.11 Å². The van der Waals surface area contributed by atoms with E-state index in [-0.39, 0.29) is 12.5 Å². The normalized spacial score (nSPS) is 10.4. The second kappa shape index (κ2) is 5.51. The molecule has 0 saturated carbocycles. The first-order valence-electron chi connectivity index (χ1n) is 5.06. The van der Waals surface area contributed by atoms with Crippen molar-refractivity contribution < 1.29 is 19.4 Å². The van der Waals surface area contributed by atoms with E-state index < -0.39 is 5.97 Å². The molecule has 0 bridgehead atoms. The third kappa shape index (κ3) is 2.61. The number of carbonyl (C=O) groups is 1. The highest BCUT2D eigenvalue weighted by atomic mass is 79.9. The van der Waals surface area contributed by atoms with Gasteiger partial charge in [0.05, 0.1) is 10.0 Å². The quantitative estimate of drug-likeness (QED) is 0.689. The monoisotopic (exact) mass is 302 g/mol. The van der Waals surface area contributed by atoms with Gasteiger partial charge in [-0.25, -0.2) is 4.79 Å². The minimum absolute atomic E-state index is 0.0880. The number of benzene rings is 1. The number of rotatable bonds is 3. The zero-order valence-electron chi connectivity index (χ0n) is 10.3. The maximum absolute atomic E-state index is 11.9. The molecule has 0 saturated heterocycles. The fourth-order valence-corrected chi connectivity index (χ4v) is 2.08. The fraction of sp³-hybridized carbons (Fsp3) is 0.417. The standard InChI is InChI=1S/C12H15BrO4/c1-6-7(2)11(14)10(13)8(3)9(6)12(15)17-5-16-4/h14H,5H2,1-4H3. The molecule has 0 aliphatic carbocycles. The van der Waals surface area contributed by atoms with Gasteiger partial charge in [0.2, 0.25) is 0 Å². The molecule has 4 nitrogen and oxygen atoms in total. The van der Waals surface area contributed by atoms with Crippen molar-refractivity contribution in [2.75, 3.05) is 13.9 Å². The summed E-state index contributed by atoms with van der Waals surface area (Å²) in [6.45, 7) is 5.19. The van der Waals surface area contributed by atoms with Gasteiger partial charge >= 0.3 is 5.97 Å². The summed E-state index contributed by atoms with van der Waals surface area (Å²) in [5, 5.41) is 9.83. The van der Waals surface area contributed by atoms with Crippen molar-refractivity contribution in [1.29, 1.82) is 0 Å². The van der Waals surface area contributed by atoms with Crippen LogP contribution in [-0.4, -0.2) is 25.0 Å². The van der Waals surface area contributed by atoms with E-state index in [4.69, 9.17) is 9.47 Å². The molecule has 0 heterocycles. The lowest BCUT2D eigenvalue weighted by atomic mass is 9.97. The number of carbonyl (C=O) groups excluding carboxylic acids is 1. The molecule has 0 aliphatic heterocycles. The molecule has 0 fully saturated rings. The van der Waals surface area contributed by atoms with Gasteiger partial charge < -0.3 is 14.6 Å². The minimum atomic E-state index is -0.453. The Labute approximate surface area is 109 Å². The van der Waals surface area contributed by atoms with Gasteiger partial charge in [0.25, 0.3) is 0 Å². The van der Waals surface area contributed by atoms with E-state index in [2.05, 4.69) is 15.9 Å². The highest BCUT2D eigenvalue weighted by Crippen LogP contribution is 2.36. The lowest BCUT2D eigenvalue weighted by molar-refractivity contribution is -0.0126. The van der Waals surface area contributed by atoms with Crippen molar-refractivity contribution in [3.63, 3.8) is 0 Å². The molecule has 0 unspecified atom stereocenters. The van der Waals surface area contributed by atoms with Crippen LogP contribution in [0, 0.1) is 20.8 Å². The Morgan fingerprint density at radius 1 is 1.24 bits per heavy atom. The number of halogens is 1. The van der Waals surface area contributed by atoms with Gasteiger partial charge in [0.1, 0.15) is 5.75 Å². The van der Waals surface area contributed by atoms with Crippen LogP contribution in [0.25, 0.3) is 0 Å². The minimum Gasteiger partial charge on any atom is -0.506 e. The number of phenolic OH excluding ortho intramolecular Hbond substituents is 1. The maximum atomic E-state index is 11.9. The van der Waals surface area contributed by atoms with E-state index in [9.17, 15) is 9.90 Å². The van der Waals surface area contributed by atoms with Gasteiger partial charge in [-0.1, -0.05) is 0 Å². The van der Waals surface area contributed by atoms with Crippen LogP contribution in [-0.2, 0) is 9.47 Å². The molecule has 5 heteroatoms. The fourth-order valence-electron chi connectivity index (χ4n) is 1.59. The first kappa shape index (κ1) is 14.0. The summed E-state index contributed by atoms with van der Waals surface area (Å²) >= 11 is 3.26. The predicted octanol–water partition coefficient (Wildman–Crippen LogP) is 2.84. The molecule has 0 aromatic heterocycles. The summed E-state index contributed by atoms with van der Waals surface area (Å²) in [6.07, 6.45) is 0. The van der Waals surface area contributed by atoms with Gasteiger partial charge in [-0.2, -0.15) is 0 Å². The van der Waals surface area contributed by atoms with E-state index in [0.29, 0.717) is 26.7 Å². The van der Waals surface area contributed by atoms with Crippen LogP contribution in [0.5, 0.6) is 5.75 Å². The zero-order valence-corrected chi connectivity index (χ0v) is 11.8. The highest BCUT2D eigenvalue weighted by molar-refractivity contribution is 9.10. The lowest BCUT2D eigenvalue weighted by Gasteiger charge is -2.15. The number of ether oxygens (including phenoxy) is 2. The Balaban J connectivity index is 3.29. The lowest BCUT2D eigenvalue weighted by Crippen LogP contribution is -2.12. The second-order valence-corrected chi connectivity index (χ2v) is 4.54. The molecule has 0 aliphatic rings. The van der Waals surface area contributed by atoms with Crippen LogP contribution in [0.3, 0.4) is 0 Å². The summed E-state index contributed by atoms with van der Waals surface area (Å²) in [5.41, 5.74) is 2.49. The number of hydrogen-bond acceptors (Lipinski definition) is 4. The molecule has 1 N–H and O–H groups in total. The average Bonchev–Trinajstić information content (AvgIpc) is 2.31. The smallest absolute Gasteiger partial charge is 0.340 e. The van der Waals surface area contributed by atoms with Gasteiger partial charge in [0, 0.05) is 7.11 Å². The zero-order chi connectivity index (χ0) is 13.2. The van der Waals surface area contributed by atoms with Crippen LogP contribution in [0.15, 0.2) is 4.47 Å². The average molecular weight is 303 g/mol. The Morgan fingerprint density at radius 2 is 1.82 bits per heavy atom. The van der Waals surface area contributed by atoms with Crippen LogP contribution in [0.1, 0.15) is 27.0 Å². The topological polar surface area (TPSA) is 55.8 Å². The summed E-state index contributed by atoms with van der Waals surface area (Å²) in [6, 6.07) is 0. The van der Waals surface area contributed by atoms with Gasteiger partial charge in [0.15, 0.2) is 6.79 Å². The van der Waals surface area contributed by atoms with Crippen molar-refractivity contribution in [2.45, 2.75) is 20.8 Å². The number of esters is 1. The molecule has 0 atom stereocenters. The van der Waals surface area contributed by atoms with Crippen LogP contribution >= 0.6 is 15.9 Å². The Morgan fingerprint density at radius 3 is 2.35 bits per heavy atom. The van der Waals surface area contributed by atoms with E-state index >= 15 is 0 Å². The number of aromatic hydroxyl groups is 1. The molecule has 0 spiro atoms. The molecule has 0 amide bonds. The van der Waals surface area contributed by atoms with E-state index in [1.807, 2.05) is 0 Å². The van der Waals surface area contributed by atoms with Gasteiger partial charge in [-0.3, -0.25) is 0 Å². The third-order valence-electron chi connectivity index (χ3n) is 2.72. The van der Waals surface area contributed by atoms with Crippen molar-refractivity contribution in [3.05, 3.63) is 26.7 Å². The largest absolute Gasteiger partial charge is 0.506 e. The van der Waals surface area contributed by atoms with Crippen LogP contribution in [0.2, 0.25) is 0 Å². The highest BCUT2D eigenvalue weighted by Gasteiger charge is 2.21. The summed E-state index contributed by atoms with van der Waals surface area (Å²) in [4.78, 5) is 11.9. The maximum Gasteiger partial charge on any atom is 0.340 e. The summed E-state index contributed by atoms with van der Waals surface area (Å²) in [7, 11) is 1.45. The van der Waals surface area contributed by atoms with Crippen LogP contribution < -0.4 is 0 Å². The molecular formula is C12H15BrO4.